The van der Waals surface area contributed by atoms with Gasteiger partial charge in [0.25, 0.3) is 0 Å². The first-order valence-electron chi connectivity index (χ1n) is 31.9. The second-order valence-corrected chi connectivity index (χ2v) is 21.4. The Kier molecular flexibility index (Phi) is 79.1. The maximum absolute atomic E-state index is 10.3. The van der Waals surface area contributed by atoms with Crippen molar-refractivity contribution in [2.24, 2.45) is 0 Å². The molecule has 0 aromatic carbocycles. The van der Waals surface area contributed by atoms with Crippen molar-refractivity contribution in [3.63, 3.8) is 0 Å². The molecule has 0 spiro atoms. The van der Waals surface area contributed by atoms with Crippen molar-refractivity contribution in [1.82, 2.24) is 0 Å². The van der Waals surface area contributed by atoms with Crippen LogP contribution in [0.1, 0.15) is 367 Å². The third-order valence-electron chi connectivity index (χ3n) is 13.9. The van der Waals surface area contributed by atoms with E-state index in [1.54, 1.807) is 0 Å². The fraction of sp³-hybridized carbons (Fsp3) is 0.864. The van der Waals surface area contributed by atoms with E-state index in [0.717, 1.165) is 38.5 Å². The summed E-state index contributed by atoms with van der Waals surface area (Å²) in [6.45, 7) is 6.81. The van der Waals surface area contributed by atoms with Gasteiger partial charge in [-0.2, -0.15) is 0 Å². The van der Waals surface area contributed by atoms with Crippen molar-refractivity contribution in [3.8, 4) is 0 Å². The maximum atomic E-state index is 10.3. The molecule has 0 aromatic heterocycles. The first kappa shape index (κ1) is 77.6. The summed E-state index contributed by atoms with van der Waals surface area (Å²) in [4.78, 5) is 30.8. The summed E-state index contributed by atoms with van der Waals surface area (Å²) in [7, 11) is 0. The van der Waals surface area contributed by atoms with Crippen molar-refractivity contribution in [2.75, 3.05) is 0 Å². The molecule has 0 heterocycles. The minimum atomic E-state index is -0.906. The molecule has 73 heavy (non-hydrogen) atoms. The topological polar surface area (TPSA) is 120 Å². The van der Waals surface area contributed by atoms with Crippen LogP contribution in [0.15, 0.2) is 36.5 Å². The normalized spacial score (nSPS) is 11.2. The fourth-order valence-electron chi connectivity index (χ4n) is 9.14. The van der Waals surface area contributed by atoms with E-state index < -0.39 is 17.9 Å². The zero-order valence-electron chi connectivity index (χ0n) is 49.0. The van der Waals surface area contributed by atoms with Crippen LogP contribution in [0, 0.1) is 0 Å². The van der Waals surface area contributed by atoms with Gasteiger partial charge in [-0.25, -0.2) is 0 Å². The van der Waals surface area contributed by atoms with Gasteiger partial charge < -0.3 is 29.7 Å². The molecule has 0 saturated carbocycles. The molecule has 431 valence electrons. The van der Waals surface area contributed by atoms with Crippen LogP contribution in [0.2, 0.25) is 0 Å². The van der Waals surface area contributed by atoms with Crippen LogP contribution in [-0.2, 0) is 31.5 Å². The first-order valence-corrected chi connectivity index (χ1v) is 31.9. The van der Waals surface area contributed by atoms with Gasteiger partial charge in [-0.15, -0.1) is 0 Å². The quantitative estimate of drug-likeness (QED) is 0.0340. The van der Waals surface area contributed by atoms with E-state index in [-0.39, 0.29) is 36.3 Å². The molecule has 0 fully saturated rings. The molecule has 0 amide bonds. The zero-order valence-corrected chi connectivity index (χ0v) is 50.1. The predicted octanol–water partition coefficient (Wildman–Crippen LogP) is 19.0. The molecule has 0 aliphatic rings. The number of hydrogen-bond acceptors (Lipinski definition) is 6. The molecule has 0 bridgehead atoms. The van der Waals surface area contributed by atoms with E-state index in [9.17, 15) is 29.7 Å². The Balaban J connectivity index is -0.000000486. The number of carbonyl (C=O) groups excluding carboxylic acids is 3. The third kappa shape index (κ3) is 87.1. The van der Waals surface area contributed by atoms with Crippen molar-refractivity contribution < 1.29 is 46.8 Å². The van der Waals surface area contributed by atoms with E-state index in [2.05, 4.69) is 57.2 Å². The van der Waals surface area contributed by atoms with E-state index in [1.165, 1.54) is 289 Å². The molecule has 0 aliphatic heterocycles. The Labute approximate surface area is 466 Å². The molecule has 0 N–H and O–H groups in total. The van der Waals surface area contributed by atoms with Gasteiger partial charge in [0.2, 0.25) is 0 Å². The summed E-state index contributed by atoms with van der Waals surface area (Å²) in [5.74, 6) is -2.72. The summed E-state index contributed by atoms with van der Waals surface area (Å²) >= 11 is 0. The number of aliphatic carboxylic acids is 3. The Morgan fingerprint density at radius 2 is 0.342 bits per heavy atom. The van der Waals surface area contributed by atoms with Crippen LogP contribution in [0.25, 0.3) is 0 Å². The van der Waals surface area contributed by atoms with Gasteiger partial charge in [-0.3, -0.25) is 0 Å². The van der Waals surface area contributed by atoms with Crippen LogP contribution in [-0.4, -0.2) is 17.9 Å². The Morgan fingerprint density at radius 3 is 0.479 bits per heavy atom. The fourth-order valence-corrected chi connectivity index (χ4v) is 9.14. The molecular formula is C66H123FeO6. The van der Waals surface area contributed by atoms with Gasteiger partial charge in [0, 0.05) is 17.9 Å². The SMILES string of the molecule is CCCCCCCC/C=C\CCCCCCCCCCCC(=O)[O-].CCCCCCCC/C=C\CCCCCCCCCCCC(=O)[O-].CCCCCCCC/C=C\CCCCCCCCCCCC(=O)[O-].[Fe+3]. The Bertz CT molecular complexity index is 997. The van der Waals surface area contributed by atoms with Crippen molar-refractivity contribution >= 4 is 17.9 Å². The van der Waals surface area contributed by atoms with Crippen molar-refractivity contribution in [1.29, 1.82) is 0 Å². The summed E-state index contributed by atoms with van der Waals surface area (Å²) in [5.41, 5.74) is 0. The molecule has 0 rings (SSSR count). The number of rotatable bonds is 57. The van der Waals surface area contributed by atoms with Crippen LogP contribution in [0.4, 0.5) is 0 Å². The number of carboxylic acids is 3. The van der Waals surface area contributed by atoms with Gasteiger partial charge >= 0.3 is 17.1 Å². The summed E-state index contributed by atoms with van der Waals surface area (Å²) in [6.07, 6.45) is 80.3. The molecule has 1 radical (unpaired) electrons. The van der Waals surface area contributed by atoms with E-state index in [0.29, 0.717) is 0 Å². The summed E-state index contributed by atoms with van der Waals surface area (Å²) in [6, 6.07) is 0. The van der Waals surface area contributed by atoms with E-state index in [1.807, 2.05) is 0 Å². The molecule has 0 aromatic rings. The van der Waals surface area contributed by atoms with Gasteiger partial charge in [0.15, 0.2) is 0 Å². The molecule has 0 saturated heterocycles. The Hall–Kier alpha value is -1.85. The maximum Gasteiger partial charge on any atom is 3.00 e. The van der Waals surface area contributed by atoms with E-state index >= 15 is 0 Å². The standard InChI is InChI=1S/3C22H42O2.Fe/c3*1-2-3-4-5-6-7-8-9-10-11-12-13-14-15-16-17-18-19-20-21-22(23)24;/h3*9-10H,2-8,11-21H2,1H3,(H,23,24);/q;;;+3/p-3/b3*10-9-;. The number of allylic oxidation sites excluding steroid dienone is 6. The van der Waals surface area contributed by atoms with Gasteiger partial charge in [-0.1, -0.05) is 288 Å². The van der Waals surface area contributed by atoms with Crippen molar-refractivity contribution in [2.45, 2.75) is 367 Å². The largest absolute Gasteiger partial charge is 3.00 e. The second kappa shape index (κ2) is 74.4. The van der Waals surface area contributed by atoms with Crippen LogP contribution < -0.4 is 15.3 Å². The first-order chi connectivity index (χ1) is 35.3. The van der Waals surface area contributed by atoms with Gasteiger partial charge in [-0.05, 0) is 116 Å². The predicted molar refractivity (Wildman–Crippen MR) is 309 cm³/mol. The van der Waals surface area contributed by atoms with Gasteiger partial charge in [0.05, 0.1) is 0 Å². The minimum absolute atomic E-state index is 0. The molecule has 0 unspecified atom stereocenters. The number of hydrogen-bond donors (Lipinski definition) is 0. The monoisotopic (exact) mass is 1070 g/mol. The molecule has 7 heteroatoms. The molecule has 6 nitrogen and oxygen atoms in total. The zero-order chi connectivity index (χ0) is 53.2. The molecule has 0 aliphatic carbocycles. The summed E-state index contributed by atoms with van der Waals surface area (Å²) < 4.78 is 0. The third-order valence-corrected chi connectivity index (χ3v) is 13.9. The number of carboxylic acid groups (broad SMARTS) is 3. The van der Waals surface area contributed by atoms with Crippen LogP contribution in [0.3, 0.4) is 0 Å². The van der Waals surface area contributed by atoms with Gasteiger partial charge in [0.1, 0.15) is 0 Å². The second-order valence-electron chi connectivity index (χ2n) is 21.4. The Morgan fingerprint density at radius 1 is 0.219 bits per heavy atom. The smallest absolute Gasteiger partial charge is 0.550 e. The van der Waals surface area contributed by atoms with E-state index in [4.69, 9.17) is 0 Å². The molecule has 0 atom stereocenters. The minimum Gasteiger partial charge on any atom is -0.550 e. The van der Waals surface area contributed by atoms with Crippen molar-refractivity contribution in [3.05, 3.63) is 36.5 Å². The van der Waals surface area contributed by atoms with Crippen LogP contribution >= 0.6 is 0 Å². The number of unbranched alkanes of at least 4 members (excludes halogenated alkanes) is 45. The number of carbonyl (C=O) groups is 3. The van der Waals surface area contributed by atoms with Crippen LogP contribution in [0.5, 0.6) is 0 Å². The average molecular weight is 1070 g/mol. The molecular weight excluding hydrogens is 945 g/mol. The average Bonchev–Trinajstić information content (AvgIpc) is 3.36. The summed E-state index contributed by atoms with van der Waals surface area (Å²) in [5, 5.41) is 30.8.